The number of fused-ring (bicyclic) bond motifs is 1. The molecule has 6 atom stereocenters. The standard InChI is InChI=1S/C26H42F2O3/c1-17(11-13-26(27,28)24(2,3)31)22-9-10-23-19(6-5-12-25(22,23)4)8-7-18-14-20(29)16-21(30)15-18/h7-8,17,20-23,29-31H,5-6,9-16H2,1-4H3/b18-7-,19-8+/t17-,20+,21?,22+,23?,25+/m0/s1. The number of aliphatic hydroxyl groups excluding tert-OH is 2. The van der Waals surface area contributed by atoms with E-state index in [4.69, 9.17) is 0 Å². The van der Waals surface area contributed by atoms with E-state index >= 15 is 0 Å². The van der Waals surface area contributed by atoms with E-state index in [0.717, 1.165) is 37.7 Å². The van der Waals surface area contributed by atoms with Gasteiger partial charge in [-0.15, -0.1) is 0 Å². The number of aliphatic hydroxyl groups is 3. The number of hydrogen-bond acceptors (Lipinski definition) is 3. The van der Waals surface area contributed by atoms with Gasteiger partial charge >= 0.3 is 0 Å². The molecule has 3 aliphatic carbocycles. The Hall–Kier alpha value is -0.780. The van der Waals surface area contributed by atoms with Crippen LogP contribution in [0.4, 0.5) is 8.78 Å². The Morgan fingerprint density at radius 2 is 1.77 bits per heavy atom. The summed E-state index contributed by atoms with van der Waals surface area (Å²) in [5.74, 6) is -1.97. The Balaban J connectivity index is 1.69. The lowest BCUT2D eigenvalue weighted by atomic mass is 9.60. The van der Waals surface area contributed by atoms with E-state index in [9.17, 15) is 24.1 Å². The molecule has 0 spiro atoms. The first-order valence-corrected chi connectivity index (χ1v) is 12.2. The van der Waals surface area contributed by atoms with Crippen molar-refractivity contribution in [3.63, 3.8) is 0 Å². The molecule has 0 radical (unpaired) electrons. The molecule has 3 fully saturated rings. The summed E-state index contributed by atoms with van der Waals surface area (Å²) in [7, 11) is 0. The van der Waals surface area contributed by atoms with Crippen LogP contribution in [0.25, 0.3) is 0 Å². The summed E-state index contributed by atoms with van der Waals surface area (Å²) in [4.78, 5) is 0. The highest BCUT2D eigenvalue weighted by Crippen LogP contribution is 2.60. The fourth-order valence-electron chi connectivity index (χ4n) is 6.66. The van der Waals surface area contributed by atoms with Gasteiger partial charge in [0.2, 0.25) is 0 Å². The van der Waals surface area contributed by atoms with Crippen molar-refractivity contribution < 1.29 is 24.1 Å². The van der Waals surface area contributed by atoms with Crippen LogP contribution in [0.5, 0.6) is 0 Å². The second-order valence-corrected chi connectivity index (χ2v) is 11.4. The first-order chi connectivity index (χ1) is 14.3. The van der Waals surface area contributed by atoms with Crippen LogP contribution >= 0.6 is 0 Å². The van der Waals surface area contributed by atoms with E-state index in [1.54, 1.807) is 0 Å². The average molecular weight is 441 g/mol. The molecule has 178 valence electrons. The molecule has 0 aromatic heterocycles. The topological polar surface area (TPSA) is 60.7 Å². The van der Waals surface area contributed by atoms with Gasteiger partial charge < -0.3 is 15.3 Å². The van der Waals surface area contributed by atoms with Crippen LogP contribution < -0.4 is 0 Å². The third-order valence-electron chi connectivity index (χ3n) is 8.61. The molecule has 3 N–H and O–H groups in total. The molecule has 0 aromatic rings. The molecule has 3 rings (SSSR count). The first kappa shape index (κ1) is 24.9. The van der Waals surface area contributed by atoms with Crippen molar-refractivity contribution in [2.75, 3.05) is 0 Å². The summed E-state index contributed by atoms with van der Waals surface area (Å²) < 4.78 is 28.6. The molecule has 2 unspecified atom stereocenters. The molecule has 0 bridgehead atoms. The van der Waals surface area contributed by atoms with Gasteiger partial charge in [0.05, 0.1) is 12.2 Å². The van der Waals surface area contributed by atoms with Gasteiger partial charge in [-0.05, 0) is 94.8 Å². The average Bonchev–Trinajstić information content (AvgIpc) is 3.00. The lowest BCUT2D eigenvalue weighted by Gasteiger charge is -2.44. The van der Waals surface area contributed by atoms with Crippen molar-refractivity contribution in [1.82, 2.24) is 0 Å². The SMILES string of the molecule is C[C@@H](CCC(F)(F)C(C)(C)O)[C@H]1CCC2/C(=C/C=C3\CC(O)C[C@H](O)C3)CCC[C@@]21C. The normalized spacial score (nSPS) is 38.5. The van der Waals surface area contributed by atoms with E-state index in [1.165, 1.54) is 19.4 Å². The number of alkyl halides is 2. The van der Waals surface area contributed by atoms with Crippen LogP contribution in [0.3, 0.4) is 0 Å². The van der Waals surface area contributed by atoms with Crippen molar-refractivity contribution in [3.05, 3.63) is 23.3 Å². The molecule has 0 saturated heterocycles. The molecule has 3 nitrogen and oxygen atoms in total. The summed E-state index contributed by atoms with van der Waals surface area (Å²) in [6, 6.07) is 0. The Kier molecular flexibility index (Phi) is 7.40. The molecule has 3 saturated carbocycles. The number of halogens is 2. The molecule has 0 aliphatic heterocycles. The minimum Gasteiger partial charge on any atom is -0.393 e. The molecule has 0 heterocycles. The quantitative estimate of drug-likeness (QED) is 0.490. The molecule has 0 amide bonds. The second kappa shape index (κ2) is 9.23. The van der Waals surface area contributed by atoms with Crippen LogP contribution in [0.15, 0.2) is 23.3 Å². The zero-order valence-corrected chi connectivity index (χ0v) is 19.7. The molecular formula is C26H42F2O3. The Morgan fingerprint density at radius 3 is 2.39 bits per heavy atom. The van der Waals surface area contributed by atoms with E-state index in [0.29, 0.717) is 37.5 Å². The molecule has 3 aliphatic rings. The summed E-state index contributed by atoms with van der Waals surface area (Å²) >= 11 is 0. The highest BCUT2D eigenvalue weighted by Gasteiger charge is 2.51. The van der Waals surface area contributed by atoms with Crippen molar-refractivity contribution in [2.24, 2.45) is 23.2 Å². The lowest BCUT2D eigenvalue weighted by molar-refractivity contribution is -0.168. The van der Waals surface area contributed by atoms with Crippen molar-refractivity contribution in [2.45, 2.75) is 116 Å². The predicted octanol–water partition coefficient (Wildman–Crippen LogP) is 5.78. The summed E-state index contributed by atoms with van der Waals surface area (Å²) in [5, 5.41) is 29.7. The number of hydrogen-bond donors (Lipinski definition) is 3. The maximum absolute atomic E-state index is 14.3. The van der Waals surface area contributed by atoms with Crippen molar-refractivity contribution >= 4 is 0 Å². The van der Waals surface area contributed by atoms with Crippen LogP contribution in [-0.2, 0) is 0 Å². The second-order valence-electron chi connectivity index (χ2n) is 11.4. The van der Waals surface area contributed by atoms with Gasteiger partial charge in [-0.2, -0.15) is 0 Å². The zero-order valence-electron chi connectivity index (χ0n) is 19.7. The maximum atomic E-state index is 14.3. The van der Waals surface area contributed by atoms with E-state index in [1.807, 2.05) is 0 Å². The fourth-order valence-corrected chi connectivity index (χ4v) is 6.66. The smallest absolute Gasteiger partial charge is 0.275 e. The van der Waals surface area contributed by atoms with Gasteiger partial charge in [0.1, 0.15) is 5.60 Å². The van der Waals surface area contributed by atoms with E-state index in [-0.39, 0.29) is 17.8 Å². The highest BCUT2D eigenvalue weighted by molar-refractivity contribution is 5.26. The molecule has 5 heteroatoms. The van der Waals surface area contributed by atoms with E-state index < -0.39 is 23.7 Å². The van der Waals surface area contributed by atoms with Crippen LogP contribution in [0, 0.1) is 23.2 Å². The third-order valence-corrected chi connectivity index (χ3v) is 8.61. The van der Waals surface area contributed by atoms with Crippen LogP contribution in [-0.4, -0.2) is 39.1 Å². The third kappa shape index (κ3) is 5.42. The maximum Gasteiger partial charge on any atom is 0.275 e. The van der Waals surface area contributed by atoms with Gasteiger partial charge in [-0.1, -0.05) is 37.1 Å². The molecular weight excluding hydrogens is 398 g/mol. The van der Waals surface area contributed by atoms with Gasteiger partial charge in [0, 0.05) is 6.42 Å². The first-order valence-electron chi connectivity index (χ1n) is 12.2. The van der Waals surface area contributed by atoms with Gasteiger partial charge in [0.25, 0.3) is 5.92 Å². The molecule has 0 aromatic carbocycles. The highest BCUT2D eigenvalue weighted by atomic mass is 19.3. The summed E-state index contributed by atoms with van der Waals surface area (Å²) in [6.07, 6.45) is 10.9. The van der Waals surface area contributed by atoms with Crippen molar-refractivity contribution in [3.8, 4) is 0 Å². The number of rotatable bonds is 6. The fraction of sp³-hybridized carbons (Fsp3) is 0.846. The largest absolute Gasteiger partial charge is 0.393 e. The Bertz CT molecular complexity index is 681. The summed E-state index contributed by atoms with van der Waals surface area (Å²) in [5.41, 5.74) is 0.719. The predicted molar refractivity (Wildman–Crippen MR) is 120 cm³/mol. The Morgan fingerprint density at radius 1 is 1.13 bits per heavy atom. The van der Waals surface area contributed by atoms with Gasteiger partial charge in [0.15, 0.2) is 0 Å². The molecule has 31 heavy (non-hydrogen) atoms. The minimum absolute atomic E-state index is 0.137. The summed E-state index contributed by atoms with van der Waals surface area (Å²) in [6.45, 7) is 6.86. The van der Waals surface area contributed by atoms with Crippen molar-refractivity contribution in [1.29, 1.82) is 0 Å². The van der Waals surface area contributed by atoms with E-state index in [2.05, 4.69) is 26.0 Å². The number of allylic oxidation sites excluding steroid dienone is 3. The van der Waals surface area contributed by atoms with Crippen LogP contribution in [0.2, 0.25) is 0 Å². The Labute approximate surface area is 186 Å². The monoisotopic (exact) mass is 440 g/mol. The lowest BCUT2D eigenvalue weighted by Crippen LogP contribution is -2.43. The van der Waals surface area contributed by atoms with Gasteiger partial charge in [-0.25, -0.2) is 8.78 Å². The minimum atomic E-state index is -3.07. The van der Waals surface area contributed by atoms with Gasteiger partial charge in [-0.3, -0.25) is 0 Å². The zero-order chi connectivity index (χ0) is 23.0. The van der Waals surface area contributed by atoms with Crippen LogP contribution in [0.1, 0.15) is 91.9 Å².